The zero-order valence-electron chi connectivity index (χ0n) is 20.8. The number of hydrogen-bond donors (Lipinski definition) is 1. The van der Waals surface area contributed by atoms with Gasteiger partial charge in [0.2, 0.25) is 0 Å². The van der Waals surface area contributed by atoms with Gasteiger partial charge < -0.3 is 14.7 Å². The van der Waals surface area contributed by atoms with E-state index in [4.69, 9.17) is 4.74 Å². The van der Waals surface area contributed by atoms with Crippen LogP contribution in [0.5, 0.6) is 5.75 Å². The second kappa shape index (κ2) is 11.8. The van der Waals surface area contributed by atoms with Crippen molar-refractivity contribution in [2.24, 2.45) is 5.41 Å². The molecule has 5 nitrogen and oxygen atoms in total. The van der Waals surface area contributed by atoms with Gasteiger partial charge in [0.1, 0.15) is 18.6 Å². The second-order valence-electron chi connectivity index (χ2n) is 9.74. The molecule has 0 bridgehead atoms. The van der Waals surface area contributed by atoms with E-state index in [0.717, 1.165) is 19.4 Å². The summed E-state index contributed by atoms with van der Waals surface area (Å²) in [5.41, 5.74) is 1.34. The number of methoxy groups -OCH3 is 1. The van der Waals surface area contributed by atoms with Gasteiger partial charge in [-0.05, 0) is 81.9 Å². The lowest BCUT2D eigenvalue weighted by Crippen LogP contribution is -2.44. The Bertz CT molecular complexity index is 1160. The number of halogens is 2. The van der Waals surface area contributed by atoms with Gasteiger partial charge in [-0.1, -0.05) is 30.3 Å². The summed E-state index contributed by atoms with van der Waals surface area (Å²) in [6, 6.07) is 15.4. The summed E-state index contributed by atoms with van der Waals surface area (Å²) < 4.78 is 34.7. The minimum Gasteiger partial charge on any atom is -0.497 e. The number of aliphatic carboxylic acids is 1. The number of likely N-dealkylation sites (tertiary alicyclic amines) is 1. The van der Waals surface area contributed by atoms with Crippen LogP contribution in [0.2, 0.25) is 0 Å². The molecule has 7 heteroatoms. The number of fused-ring (bicyclic) bond motifs is 1. The molecule has 4 rings (SSSR count). The van der Waals surface area contributed by atoms with Gasteiger partial charge in [-0.15, -0.1) is 0 Å². The minimum absolute atomic E-state index is 0.0175. The number of alkyl halides is 2. The Kier molecular flexibility index (Phi) is 8.52. The number of aryl methyl sites for hydroxylation is 1. The van der Waals surface area contributed by atoms with Gasteiger partial charge in [-0.25, -0.2) is 8.78 Å². The Balaban J connectivity index is 1.40. The molecule has 2 heterocycles. The molecule has 1 fully saturated rings. The fourth-order valence-corrected chi connectivity index (χ4v) is 5.31. The summed E-state index contributed by atoms with van der Waals surface area (Å²) in [6.07, 6.45) is 3.09. The van der Waals surface area contributed by atoms with Crippen molar-refractivity contribution in [3.8, 4) is 5.75 Å². The third-order valence-electron chi connectivity index (χ3n) is 7.58. The number of nitrogens with zero attached hydrogens (tertiary/aromatic N) is 2. The van der Waals surface area contributed by atoms with E-state index in [0.29, 0.717) is 42.6 Å². The van der Waals surface area contributed by atoms with Gasteiger partial charge in [0.15, 0.2) is 0 Å². The average Bonchev–Trinajstić information content (AvgIpc) is 2.92. The fourth-order valence-electron chi connectivity index (χ4n) is 5.31. The Morgan fingerprint density at radius 1 is 1.19 bits per heavy atom. The number of ether oxygens (including phenoxy) is 1. The molecule has 1 aromatic heterocycles. The topological polar surface area (TPSA) is 62.7 Å². The molecule has 2 aromatic carbocycles. The zero-order chi connectivity index (χ0) is 25.5. The highest BCUT2D eigenvalue weighted by molar-refractivity contribution is 5.85. The van der Waals surface area contributed by atoms with Gasteiger partial charge in [-0.2, -0.15) is 0 Å². The van der Waals surface area contributed by atoms with Gasteiger partial charge >= 0.3 is 5.97 Å². The van der Waals surface area contributed by atoms with Crippen LogP contribution < -0.4 is 4.74 Å². The number of piperidine rings is 1. The molecular weight excluding hydrogens is 462 g/mol. The van der Waals surface area contributed by atoms with Crippen molar-refractivity contribution in [1.82, 2.24) is 9.88 Å². The maximum absolute atomic E-state index is 15.7. The van der Waals surface area contributed by atoms with Crippen LogP contribution >= 0.6 is 0 Å². The summed E-state index contributed by atoms with van der Waals surface area (Å²) in [4.78, 5) is 18.9. The molecule has 36 heavy (non-hydrogen) atoms. The van der Waals surface area contributed by atoms with Crippen molar-refractivity contribution < 1.29 is 23.4 Å². The number of aromatic nitrogens is 1. The van der Waals surface area contributed by atoms with E-state index in [1.165, 1.54) is 18.9 Å². The molecular formula is C29H34F2N2O3. The first-order valence-electron chi connectivity index (χ1n) is 12.6. The lowest BCUT2D eigenvalue weighted by Gasteiger charge is -2.39. The Labute approximate surface area is 211 Å². The third kappa shape index (κ3) is 5.84. The highest BCUT2D eigenvalue weighted by atomic mass is 19.1. The van der Waals surface area contributed by atoms with Crippen molar-refractivity contribution in [3.63, 3.8) is 0 Å². The first-order valence-corrected chi connectivity index (χ1v) is 12.6. The number of carboxylic acid groups (broad SMARTS) is 1. The van der Waals surface area contributed by atoms with E-state index in [1.54, 1.807) is 18.2 Å². The molecule has 0 saturated carbocycles. The van der Waals surface area contributed by atoms with Crippen molar-refractivity contribution >= 4 is 16.9 Å². The summed E-state index contributed by atoms with van der Waals surface area (Å²) in [5, 5.41) is 10.6. The van der Waals surface area contributed by atoms with E-state index < -0.39 is 24.2 Å². The molecule has 1 unspecified atom stereocenters. The van der Waals surface area contributed by atoms with Crippen molar-refractivity contribution in [3.05, 3.63) is 71.4 Å². The molecule has 0 radical (unpaired) electrons. The number of hydrogen-bond acceptors (Lipinski definition) is 4. The third-order valence-corrected chi connectivity index (χ3v) is 7.58. The summed E-state index contributed by atoms with van der Waals surface area (Å²) in [6.45, 7) is 1.45. The van der Waals surface area contributed by atoms with Crippen LogP contribution in [0.4, 0.5) is 8.78 Å². The van der Waals surface area contributed by atoms with Gasteiger partial charge in [0.05, 0.1) is 18.0 Å². The highest BCUT2D eigenvalue weighted by Crippen LogP contribution is 2.41. The first-order chi connectivity index (χ1) is 17.5. The molecule has 1 aliphatic heterocycles. The van der Waals surface area contributed by atoms with Gasteiger partial charge in [-0.3, -0.25) is 9.78 Å². The largest absolute Gasteiger partial charge is 0.497 e. The molecule has 0 aliphatic carbocycles. The van der Waals surface area contributed by atoms with E-state index >= 15 is 4.39 Å². The van der Waals surface area contributed by atoms with Crippen LogP contribution in [-0.4, -0.2) is 47.7 Å². The smallest absolute Gasteiger partial charge is 0.309 e. The number of benzene rings is 2. The Morgan fingerprint density at radius 3 is 2.61 bits per heavy atom. The monoisotopic (exact) mass is 496 g/mol. The normalized spacial score (nSPS) is 16.6. The molecule has 0 amide bonds. The first kappa shape index (κ1) is 26.0. The van der Waals surface area contributed by atoms with E-state index in [2.05, 4.69) is 22.0 Å². The molecule has 0 spiro atoms. The highest BCUT2D eigenvalue weighted by Gasteiger charge is 2.41. The summed E-state index contributed by atoms with van der Waals surface area (Å²) >= 11 is 0. The van der Waals surface area contributed by atoms with Crippen LogP contribution in [0.3, 0.4) is 0 Å². The minimum atomic E-state index is -1.49. The lowest BCUT2D eigenvalue weighted by atomic mass is 9.74. The van der Waals surface area contributed by atoms with Gasteiger partial charge in [0.25, 0.3) is 0 Å². The van der Waals surface area contributed by atoms with E-state index in [-0.39, 0.29) is 24.0 Å². The quantitative estimate of drug-likeness (QED) is 0.337. The lowest BCUT2D eigenvalue weighted by molar-refractivity contribution is -0.153. The number of carboxylic acids is 1. The summed E-state index contributed by atoms with van der Waals surface area (Å²) in [7, 11) is 1.52. The Morgan fingerprint density at radius 2 is 1.94 bits per heavy atom. The van der Waals surface area contributed by atoms with E-state index in [9.17, 15) is 14.3 Å². The number of pyridine rings is 1. The molecule has 1 N–H and O–H groups in total. The van der Waals surface area contributed by atoms with E-state index in [1.807, 2.05) is 18.2 Å². The van der Waals surface area contributed by atoms with Crippen LogP contribution in [0.25, 0.3) is 10.9 Å². The van der Waals surface area contributed by atoms with Crippen LogP contribution in [0, 0.1) is 5.41 Å². The predicted molar refractivity (Wildman–Crippen MR) is 137 cm³/mol. The fraction of sp³-hybridized carbons (Fsp3) is 0.448. The maximum atomic E-state index is 15.7. The average molecular weight is 497 g/mol. The standard InChI is InChI=1S/C29H34F2N2O3/c1-36-23-9-10-26-24(18-23)27(22(19-30)20-32-26)25(31)11-12-29(28(34)35)13-16-33(17-14-29)15-5-8-21-6-3-2-4-7-21/h2-4,6-7,9-10,18,20,25H,5,8,11-17,19H2,1H3,(H,34,35). The van der Waals surface area contributed by atoms with Crippen LogP contribution in [0.1, 0.15) is 55.0 Å². The van der Waals surface area contributed by atoms with Gasteiger partial charge in [0, 0.05) is 22.7 Å². The SMILES string of the molecule is COc1ccc2ncc(CF)c(C(F)CCC3(C(=O)O)CCN(CCCc4ccccc4)CC3)c2c1. The van der Waals surface area contributed by atoms with Crippen LogP contribution in [0.15, 0.2) is 54.7 Å². The van der Waals surface area contributed by atoms with Crippen molar-refractivity contribution in [1.29, 1.82) is 0 Å². The molecule has 3 aromatic rings. The van der Waals surface area contributed by atoms with Crippen molar-refractivity contribution in [2.75, 3.05) is 26.7 Å². The summed E-state index contributed by atoms with van der Waals surface area (Å²) in [5.74, 6) is -0.332. The Hall–Kier alpha value is -3.06. The van der Waals surface area contributed by atoms with Crippen LogP contribution in [-0.2, 0) is 17.9 Å². The number of rotatable bonds is 11. The van der Waals surface area contributed by atoms with Crippen molar-refractivity contribution in [2.45, 2.75) is 51.4 Å². The molecule has 1 atom stereocenters. The second-order valence-corrected chi connectivity index (χ2v) is 9.74. The maximum Gasteiger partial charge on any atom is 0.309 e. The molecule has 1 aliphatic rings. The molecule has 1 saturated heterocycles. The predicted octanol–water partition coefficient (Wildman–Crippen LogP) is 6.30. The number of carbonyl (C=O) groups is 1. The zero-order valence-corrected chi connectivity index (χ0v) is 20.8. The molecule has 192 valence electrons.